The summed E-state index contributed by atoms with van der Waals surface area (Å²) in [6.07, 6.45) is 3.56. The molecule has 1 fully saturated rings. The van der Waals surface area contributed by atoms with E-state index in [0.29, 0.717) is 0 Å². The van der Waals surface area contributed by atoms with E-state index in [9.17, 15) is 0 Å². The van der Waals surface area contributed by atoms with Crippen LogP contribution in [0, 0.1) is 5.92 Å². The first-order chi connectivity index (χ1) is 11.3. The number of nitrogens with one attached hydrogen (secondary N) is 2. The molecule has 138 valence electrons. The Morgan fingerprint density at radius 2 is 2.17 bits per heavy atom. The zero-order valence-electron chi connectivity index (χ0n) is 14.8. The van der Waals surface area contributed by atoms with Crippen molar-refractivity contribution in [2.24, 2.45) is 10.9 Å². The van der Waals surface area contributed by atoms with Crippen molar-refractivity contribution < 1.29 is 4.74 Å². The highest BCUT2D eigenvalue weighted by Gasteiger charge is 2.18. The minimum atomic E-state index is 0. The van der Waals surface area contributed by atoms with E-state index < -0.39 is 0 Å². The van der Waals surface area contributed by atoms with Gasteiger partial charge in [0.25, 0.3) is 0 Å². The molecule has 0 bridgehead atoms. The number of thiophene rings is 1. The first-order valence-corrected chi connectivity index (χ1v) is 9.38. The second kappa shape index (κ2) is 12.9. The smallest absolute Gasteiger partial charge is 0.190 e. The maximum Gasteiger partial charge on any atom is 0.190 e. The van der Waals surface area contributed by atoms with Crippen LogP contribution in [0.2, 0.25) is 0 Å². The Kier molecular flexibility index (Phi) is 11.7. The van der Waals surface area contributed by atoms with Gasteiger partial charge in [-0.15, -0.1) is 35.3 Å². The van der Waals surface area contributed by atoms with Gasteiger partial charge in [0.2, 0.25) is 0 Å². The number of rotatable bonds is 8. The van der Waals surface area contributed by atoms with Crippen LogP contribution in [-0.4, -0.2) is 64.3 Å². The molecule has 24 heavy (non-hydrogen) atoms. The summed E-state index contributed by atoms with van der Waals surface area (Å²) in [5, 5.41) is 9.01. The molecule has 2 N–H and O–H groups in total. The van der Waals surface area contributed by atoms with Gasteiger partial charge in [-0.1, -0.05) is 6.07 Å². The molecule has 1 aliphatic heterocycles. The van der Waals surface area contributed by atoms with Gasteiger partial charge in [0.15, 0.2) is 5.96 Å². The van der Waals surface area contributed by atoms with Crippen LogP contribution in [0.15, 0.2) is 22.5 Å². The van der Waals surface area contributed by atoms with E-state index in [0.717, 1.165) is 44.5 Å². The molecule has 2 heterocycles. The van der Waals surface area contributed by atoms with Crippen molar-refractivity contribution in [2.75, 3.05) is 53.5 Å². The average Bonchev–Trinajstić information content (AvgIpc) is 3.10. The van der Waals surface area contributed by atoms with Gasteiger partial charge in [-0.2, -0.15) is 0 Å². The molecule has 5 nitrogen and oxygen atoms in total. The van der Waals surface area contributed by atoms with Crippen molar-refractivity contribution in [1.29, 1.82) is 0 Å². The molecule has 1 saturated heterocycles. The van der Waals surface area contributed by atoms with Crippen LogP contribution in [-0.2, 0) is 11.2 Å². The number of aliphatic imine (C=N–C) groups is 1. The Hall–Kier alpha value is -0.380. The molecule has 7 heteroatoms. The van der Waals surface area contributed by atoms with Crippen molar-refractivity contribution in [3.8, 4) is 0 Å². The van der Waals surface area contributed by atoms with E-state index >= 15 is 0 Å². The van der Waals surface area contributed by atoms with Crippen LogP contribution < -0.4 is 10.6 Å². The summed E-state index contributed by atoms with van der Waals surface area (Å²) in [7, 11) is 3.61. The first kappa shape index (κ1) is 21.7. The standard InChI is InChI=1S/C17H30N4OS.HI/c1-18-17(19-8-5-16-4-3-13-23-16)20-14-15-6-9-21(10-7-15)11-12-22-2;/h3-4,13,15H,5-12,14H2,1-2H3,(H2,18,19,20);1H. The minimum Gasteiger partial charge on any atom is -0.383 e. The lowest BCUT2D eigenvalue weighted by Gasteiger charge is -2.32. The molecule has 0 saturated carbocycles. The van der Waals surface area contributed by atoms with E-state index in [4.69, 9.17) is 4.74 Å². The summed E-state index contributed by atoms with van der Waals surface area (Å²) in [4.78, 5) is 8.23. The van der Waals surface area contributed by atoms with E-state index in [1.165, 1.54) is 30.8 Å². The molecule has 0 aliphatic carbocycles. The van der Waals surface area contributed by atoms with Gasteiger partial charge in [0.1, 0.15) is 0 Å². The number of piperidine rings is 1. The summed E-state index contributed by atoms with van der Waals surface area (Å²) in [6.45, 7) is 6.19. The van der Waals surface area contributed by atoms with Gasteiger partial charge < -0.3 is 20.3 Å². The van der Waals surface area contributed by atoms with Gasteiger partial charge in [-0.3, -0.25) is 4.99 Å². The normalized spacial score (nSPS) is 16.7. The lowest BCUT2D eigenvalue weighted by Crippen LogP contribution is -2.43. The summed E-state index contributed by atoms with van der Waals surface area (Å²) in [5.74, 6) is 1.66. The third-order valence-electron chi connectivity index (χ3n) is 4.34. The number of ether oxygens (including phenoxy) is 1. The summed E-state index contributed by atoms with van der Waals surface area (Å²) in [5.41, 5.74) is 0. The molecule has 0 radical (unpaired) electrons. The quantitative estimate of drug-likeness (QED) is 0.351. The van der Waals surface area contributed by atoms with E-state index in [-0.39, 0.29) is 24.0 Å². The summed E-state index contributed by atoms with van der Waals surface area (Å²) < 4.78 is 5.15. The maximum absolute atomic E-state index is 5.15. The first-order valence-electron chi connectivity index (χ1n) is 8.50. The summed E-state index contributed by atoms with van der Waals surface area (Å²) >= 11 is 1.81. The monoisotopic (exact) mass is 466 g/mol. The summed E-state index contributed by atoms with van der Waals surface area (Å²) in [6, 6.07) is 4.28. The number of hydrogen-bond donors (Lipinski definition) is 2. The molecule has 0 amide bonds. The topological polar surface area (TPSA) is 48.9 Å². The van der Waals surface area contributed by atoms with E-state index in [1.54, 1.807) is 7.11 Å². The molecule has 1 aliphatic rings. The Labute approximate surface area is 167 Å². The lowest BCUT2D eigenvalue weighted by molar-refractivity contribution is 0.121. The van der Waals surface area contributed by atoms with Crippen molar-refractivity contribution in [2.45, 2.75) is 19.3 Å². The number of methoxy groups -OCH3 is 1. The highest BCUT2D eigenvalue weighted by molar-refractivity contribution is 14.0. The second-order valence-corrected chi connectivity index (χ2v) is 7.02. The molecule has 2 rings (SSSR count). The van der Waals surface area contributed by atoms with Crippen molar-refractivity contribution >= 4 is 41.3 Å². The van der Waals surface area contributed by atoms with Crippen LogP contribution in [0.4, 0.5) is 0 Å². The second-order valence-electron chi connectivity index (χ2n) is 5.99. The molecule has 1 aromatic rings. The number of guanidine groups is 1. The van der Waals surface area contributed by atoms with Crippen molar-refractivity contribution in [1.82, 2.24) is 15.5 Å². The Bertz CT molecular complexity index is 447. The van der Waals surface area contributed by atoms with Gasteiger partial charge in [0, 0.05) is 38.7 Å². The highest BCUT2D eigenvalue weighted by atomic mass is 127. The van der Waals surface area contributed by atoms with Gasteiger partial charge >= 0.3 is 0 Å². The third kappa shape index (κ3) is 8.13. The predicted molar refractivity (Wildman–Crippen MR) is 114 cm³/mol. The number of likely N-dealkylation sites (tertiary alicyclic amines) is 1. The number of hydrogen-bond acceptors (Lipinski definition) is 4. The fourth-order valence-electron chi connectivity index (χ4n) is 2.86. The SMILES string of the molecule is CN=C(NCCc1cccs1)NCC1CCN(CCOC)CC1.I. The van der Waals surface area contributed by atoms with E-state index in [2.05, 4.69) is 38.0 Å². The molecular formula is C17H31IN4OS. The highest BCUT2D eigenvalue weighted by Crippen LogP contribution is 2.15. The van der Waals surface area contributed by atoms with Crippen LogP contribution in [0.5, 0.6) is 0 Å². The zero-order valence-corrected chi connectivity index (χ0v) is 17.9. The van der Waals surface area contributed by atoms with Gasteiger partial charge in [-0.25, -0.2) is 0 Å². The largest absolute Gasteiger partial charge is 0.383 e. The molecule has 0 aromatic carbocycles. The Morgan fingerprint density at radius 3 is 2.79 bits per heavy atom. The van der Waals surface area contributed by atoms with E-state index in [1.807, 2.05) is 18.4 Å². The lowest BCUT2D eigenvalue weighted by atomic mass is 9.97. The zero-order chi connectivity index (χ0) is 16.3. The molecule has 0 spiro atoms. The number of halogens is 1. The van der Waals surface area contributed by atoms with Gasteiger partial charge in [-0.05, 0) is 49.7 Å². The Balaban J connectivity index is 0.00000288. The third-order valence-corrected chi connectivity index (χ3v) is 5.28. The molecule has 1 aromatic heterocycles. The predicted octanol–water partition coefficient (Wildman–Crippen LogP) is 2.43. The van der Waals surface area contributed by atoms with Gasteiger partial charge in [0.05, 0.1) is 6.61 Å². The molecular weight excluding hydrogens is 435 g/mol. The fraction of sp³-hybridized carbons (Fsp3) is 0.706. The fourth-order valence-corrected chi connectivity index (χ4v) is 3.56. The average molecular weight is 466 g/mol. The Morgan fingerprint density at radius 1 is 1.38 bits per heavy atom. The number of nitrogens with zero attached hydrogens (tertiary/aromatic N) is 2. The minimum absolute atomic E-state index is 0. The van der Waals surface area contributed by atoms with Crippen LogP contribution >= 0.6 is 35.3 Å². The van der Waals surface area contributed by atoms with Crippen LogP contribution in [0.25, 0.3) is 0 Å². The van der Waals surface area contributed by atoms with Crippen LogP contribution in [0.1, 0.15) is 17.7 Å². The van der Waals surface area contributed by atoms with Crippen LogP contribution in [0.3, 0.4) is 0 Å². The molecule has 0 unspecified atom stereocenters. The van der Waals surface area contributed by atoms with Crippen molar-refractivity contribution in [3.63, 3.8) is 0 Å². The molecule has 0 atom stereocenters. The van der Waals surface area contributed by atoms with Crippen molar-refractivity contribution in [3.05, 3.63) is 22.4 Å². The maximum atomic E-state index is 5.15.